The maximum atomic E-state index is 5.58. The normalized spacial score (nSPS) is 48.6. The zero-order chi connectivity index (χ0) is 13.7. The van der Waals surface area contributed by atoms with E-state index in [1.807, 2.05) is 7.11 Å². The summed E-state index contributed by atoms with van der Waals surface area (Å²) >= 11 is 0. The van der Waals surface area contributed by atoms with Crippen LogP contribution in [-0.2, 0) is 4.74 Å². The molecule has 19 heavy (non-hydrogen) atoms. The highest BCUT2D eigenvalue weighted by Gasteiger charge is 2.59. The second-order valence-electron chi connectivity index (χ2n) is 8.24. The van der Waals surface area contributed by atoms with Crippen LogP contribution in [-0.4, -0.2) is 25.3 Å². The van der Waals surface area contributed by atoms with Gasteiger partial charge in [0.1, 0.15) is 0 Å². The van der Waals surface area contributed by atoms with Crippen LogP contribution >= 0.6 is 0 Å². The SMILES string of the molecule is COC1CCCC(NC2C3(C)CCC(C3)C2(C)C)C1. The first-order valence-electron chi connectivity index (χ1n) is 8.24. The van der Waals surface area contributed by atoms with Crippen molar-refractivity contribution in [1.29, 1.82) is 0 Å². The molecule has 3 saturated carbocycles. The molecule has 0 aromatic heterocycles. The van der Waals surface area contributed by atoms with E-state index in [0.29, 0.717) is 29.0 Å². The van der Waals surface area contributed by atoms with Crippen LogP contribution in [0.15, 0.2) is 0 Å². The molecule has 0 aromatic carbocycles. The molecule has 2 heteroatoms. The minimum absolute atomic E-state index is 0.479. The Morgan fingerprint density at radius 2 is 1.89 bits per heavy atom. The number of hydrogen-bond donors (Lipinski definition) is 1. The van der Waals surface area contributed by atoms with Gasteiger partial charge >= 0.3 is 0 Å². The van der Waals surface area contributed by atoms with Gasteiger partial charge in [-0.05, 0) is 61.7 Å². The molecule has 3 aliphatic rings. The lowest BCUT2D eigenvalue weighted by Gasteiger charge is -2.46. The van der Waals surface area contributed by atoms with Crippen LogP contribution in [0.1, 0.15) is 65.7 Å². The quantitative estimate of drug-likeness (QED) is 0.839. The Morgan fingerprint density at radius 3 is 2.53 bits per heavy atom. The third-order valence-corrected chi connectivity index (χ3v) is 6.63. The van der Waals surface area contributed by atoms with Crippen LogP contribution < -0.4 is 5.32 Å². The van der Waals surface area contributed by atoms with Crippen molar-refractivity contribution in [3.63, 3.8) is 0 Å². The molecular formula is C17H31NO. The van der Waals surface area contributed by atoms with E-state index in [2.05, 4.69) is 26.1 Å². The van der Waals surface area contributed by atoms with Gasteiger partial charge in [-0.15, -0.1) is 0 Å². The number of ether oxygens (including phenoxy) is 1. The molecule has 0 saturated heterocycles. The Morgan fingerprint density at radius 1 is 1.11 bits per heavy atom. The minimum atomic E-state index is 0.479. The van der Waals surface area contributed by atoms with Crippen LogP contribution in [0.3, 0.4) is 0 Å². The molecule has 0 aromatic rings. The molecule has 0 amide bonds. The average Bonchev–Trinajstić information content (AvgIpc) is 2.86. The van der Waals surface area contributed by atoms with E-state index in [1.54, 1.807) is 0 Å². The van der Waals surface area contributed by atoms with Gasteiger partial charge in [-0.25, -0.2) is 0 Å². The van der Waals surface area contributed by atoms with Gasteiger partial charge in [-0.3, -0.25) is 0 Å². The van der Waals surface area contributed by atoms with Crippen LogP contribution in [0.2, 0.25) is 0 Å². The van der Waals surface area contributed by atoms with Crippen molar-refractivity contribution >= 4 is 0 Å². The Balaban J connectivity index is 1.69. The Bertz CT molecular complexity index is 335. The predicted molar refractivity (Wildman–Crippen MR) is 79.2 cm³/mol. The second kappa shape index (κ2) is 4.73. The highest BCUT2D eigenvalue weighted by molar-refractivity contribution is 5.12. The van der Waals surface area contributed by atoms with E-state index >= 15 is 0 Å². The molecule has 3 rings (SSSR count). The summed E-state index contributed by atoms with van der Waals surface area (Å²) in [6.45, 7) is 7.52. The molecule has 2 bridgehead atoms. The van der Waals surface area contributed by atoms with Crippen LogP contribution in [0.5, 0.6) is 0 Å². The zero-order valence-electron chi connectivity index (χ0n) is 13.2. The summed E-state index contributed by atoms with van der Waals surface area (Å²) in [5.41, 5.74) is 1.03. The van der Waals surface area contributed by atoms with E-state index in [0.717, 1.165) is 5.92 Å². The molecule has 3 fully saturated rings. The molecule has 0 radical (unpaired) electrons. The first-order chi connectivity index (χ1) is 8.95. The van der Waals surface area contributed by atoms with Crippen molar-refractivity contribution in [2.24, 2.45) is 16.7 Å². The van der Waals surface area contributed by atoms with Crippen molar-refractivity contribution in [1.82, 2.24) is 5.32 Å². The van der Waals surface area contributed by atoms with Crippen molar-refractivity contribution in [2.45, 2.75) is 83.9 Å². The van der Waals surface area contributed by atoms with Gasteiger partial charge < -0.3 is 10.1 Å². The van der Waals surface area contributed by atoms with E-state index in [-0.39, 0.29) is 0 Å². The maximum Gasteiger partial charge on any atom is 0.0586 e. The van der Waals surface area contributed by atoms with E-state index in [4.69, 9.17) is 4.74 Å². The number of hydrogen-bond acceptors (Lipinski definition) is 2. The summed E-state index contributed by atoms with van der Waals surface area (Å²) < 4.78 is 5.58. The molecule has 110 valence electrons. The fourth-order valence-electron chi connectivity index (χ4n) is 5.46. The Hall–Kier alpha value is -0.0800. The molecule has 5 atom stereocenters. The fourth-order valence-corrected chi connectivity index (χ4v) is 5.46. The smallest absolute Gasteiger partial charge is 0.0586 e. The molecule has 1 N–H and O–H groups in total. The molecule has 3 aliphatic carbocycles. The van der Waals surface area contributed by atoms with Gasteiger partial charge in [0.2, 0.25) is 0 Å². The monoisotopic (exact) mass is 265 g/mol. The molecule has 5 unspecified atom stereocenters. The summed E-state index contributed by atoms with van der Waals surface area (Å²) in [7, 11) is 1.87. The lowest BCUT2D eigenvalue weighted by atomic mass is 9.68. The van der Waals surface area contributed by atoms with Gasteiger partial charge in [0.25, 0.3) is 0 Å². The predicted octanol–water partition coefficient (Wildman–Crippen LogP) is 3.75. The third kappa shape index (κ3) is 2.25. The summed E-state index contributed by atoms with van der Waals surface area (Å²) in [6, 6.07) is 1.39. The lowest BCUT2D eigenvalue weighted by Crippen LogP contribution is -2.54. The van der Waals surface area contributed by atoms with Crippen molar-refractivity contribution in [2.75, 3.05) is 7.11 Å². The van der Waals surface area contributed by atoms with Crippen molar-refractivity contribution in [3.05, 3.63) is 0 Å². The van der Waals surface area contributed by atoms with Gasteiger partial charge in [0.05, 0.1) is 6.10 Å². The highest BCUT2D eigenvalue weighted by atomic mass is 16.5. The Labute approximate surface area is 118 Å². The number of nitrogens with one attached hydrogen (secondary N) is 1. The zero-order valence-corrected chi connectivity index (χ0v) is 13.2. The number of methoxy groups -OCH3 is 1. The van der Waals surface area contributed by atoms with Crippen molar-refractivity contribution in [3.8, 4) is 0 Å². The molecule has 2 nitrogen and oxygen atoms in total. The van der Waals surface area contributed by atoms with E-state index in [9.17, 15) is 0 Å². The summed E-state index contributed by atoms with van der Waals surface area (Å²) in [4.78, 5) is 0. The van der Waals surface area contributed by atoms with E-state index in [1.165, 1.54) is 44.9 Å². The first-order valence-corrected chi connectivity index (χ1v) is 8.24. The standard InChI is InChI=1S/C17H31NO/c1-16(2)12-8-9-17(3,11-12)15(16)18-13-6-5-7-14(10-13)19-4/h12-15,18H,5-11H2,1-4H3. The summed E-state index contributed by atoms with van der Waals surface area (Å²) in [5.74, 6) is 0.941. The van der Waals surface area contributed by atoms with Crippen LogP contribution in [0.25, 0.3) is 0 Å². The minimum Gasteiger partial charge on any atom is -0.381 e. The largest absolute Gasteiger partial charge is 0.381 e. The second-order valence-corrected chi connectivity index (χ2v) is 8.24. The maximum absolute atomic E-state index is 5.58. The van der Waals surface area contributed by atoms with Gasteiger partial charge in [0.15, 0.2) is 0 Å². The fraction of sp³-hybridized carbons (Fsp3) is 1.00. The third-order valence-electron chi connectivity index (χ3n) is 6.63. The number of rotatable bonds is 3. The molecule has 0 spiro atoms. The average molecular weight is 265 g/mol. The molecule has 0 aliphatic heterocycles. The lowest BCUT2D eigenvalue weighted by molar-refractivity contribution is 0.0390. The topological polar surface area (TPSA) is 21.3 Å². The van der Waals surface area contributed by atoms with Gasteiger partial charge in [-0.1, -0.05) is 20.8 Å². The van der Waals surface area contributed by atoms with Gasteiger partial charge in [-0.2, -0.15) is 0 Å². The summed E-state index contributed by atoms with van der Waals surface area (Å²) in [5, 5.41) is 4.06. The highest BCUT2D eigenvalue weighted by Crippen LogP contribution is 2.62. The van der Waals surface area contributed by atoms with Crippen LogP contribution in [0.4, 0.5) is 0 Å². The molecule has 0 heterocycles. The Kier molecular flexibility index (Phi) is 3.46. The van der Waals surface area contributed by atoms with E-state index < -0.39 is 0 Å². The summed E-state index contributed by atoms with van der Waals surface area (Å²) in [6.07, 6.45) is 9.94. The first kappa shape index (κ1) is 13.9. The van der Waals surface area contributed by atoms with Crippen LogP contribution in [0, 0.1) is 16.7 Å². The van der Waals surface area contributed by atoms with Gasteiger partial charge in [0, 0.05) is 19.2 Å². The number of fused-ring (bicyclic) bond motifs is 2. The molecular weight excluding hydrogens is 234 g/mol. The van der Waals surface area contributed by atoms with Crippen molar-refractivity contribution < 1.29 is 4.74 Å².